The molecule has 1 aromatic rings. The number of rotatable bonds is 14. The van der Waals surface area contributed by atoms with E-state index in [0.29, 0.717) is 5.56 Å². The molecular formula is C23H34N4O9. The fourth-order valence-corrected chi connectivity index (χ4v) is 3.19. The quantitative estimate of drug-likeness (QED) is 0.147. The molecule has 200 valence electrons. The first-order valence-electron chi connectivity index (χ1n) is 11.3. The first-order chi connectivity index (χ1) is 16.7. The van der Waals surface area contributed by atoms with Crippen LogP contribution in [-0.4, -0.2) is 80.4 Å². The number of amides is 3. The number of nitrogens with two attached hydrogens (primary N) is 1. The van der Waals surface area contributed by atoms with E-state index in [4.69, 9.17) is 10.8 Å². The van der Waals surface area contributed by atoms with Crippen molar-refractivity contribution in [1.82, 2.24) is 16.0 Å². The second-order valence-corrected chi connectivity index (χ2v) is 8.89. The minimum Gasteiger partial charge on any atom is -0.508 e. The Morgan fingerprint density at radius 3 is 1.81 bits per heavy atom. The zero-order valence-electron chi connectivity index (χ0n) is 20.3. The van der Waals surface area contributed by atoms with Crippen LogP contribution < -0.4 is 21.7 Å². The molecular weight excluding hydrogens is 476 g/mol. The van der Waals surface area contributed by atoms with E-state index >= 15 is 0 Å². The van der Waals surface area contributed by atoms with E-state index in [9.17, 15) is 39.3 Å². The number of carbonyl (C=O) groups is 5. The van der Waals surface area contributed by atoms with Crippen LogP contribution >= 0.6 is 0 Å². The number of carboxylic acids is 2. The first-order valence-corrected chi connectivity index (χ1v) is 11.3. The summed E-state index contributed by atoms with van der Waals surface area (Å²) in [7, 11) is 0. The van der Waals surface area contributed by atoms with Crippen molar-refractivity contribution >= 4 is 29.7 Å². The molecule has 5 atom stereocenters. The Morgan fingerprint density at radius 2 is 1.33 bits per heavy atom. The topological polar surface area (TPSA) is 228 Å². The molecule has 0 aliphatic rings. The Kier molecular flexibility index (Phi) is 11.8. The van der Waals surface area contributed by atoms with E-state index in [-0.39, 0.29) is 24.5 Å². The van der Waals surface area contributed by atoms with Gasteiger partial charge >= 0.3 is 11.9 Å². The summed E-state index contributed by atoms with van der Waals surface area (Å²) in [5, 5.41) is 44.3. The molecule has 0 fully saturated rings. The number of carbonyl (C=O) groups excluding carboxylic acids is 3. The lowest BCUT2D eigenvalue weighted by Gasteiger charge is -2.26. The van der Waals surface area contributed by atoms with E-state index < -0.39 is 66.4 Å². The molecule has 0 heterocycles. The summed E-state index contributed by atoms with van der Waals surface area (Å²) in [5.41, 5.74) is 6.22. The molecule has 13 nitrogen and oxygen atoms in total. The highest BCUT2D eigenvalue weighted by Gasteiger charge is 2.32. The largest absolute Gasteiger partial charge is 0.508 e. The van der Waals surface area contributed by atoms with Crippen LogP contribution in [0.25, 0.3) is 0 Å². The van der Waals surface area contributed by atoms with Crippen LogP contribution in [0, 0.1) is 5.92 Å². The lowest BCUT2D eigenvalue weighted by molar-refractivity contribution is -0.147. The predicted molar refractivity (Wildman–Crippen MR) is 127 cm³/mol. The third-order valence-corrected chi connectivity index (χ3v) is 5.17. The SMILES string of the molecule is CC(C)CC(NC(=O)C(Cc1ccc(O)cc1)NC(=O)C(N)C(C)O)C(=O)NC(CC(=O)O)C(=O)O. The average molecular weight is 511 g/mol. The molecule has 36 heavy (non-hydrogen) atoms. The van der Waals surface area contributed by atoms with Gasteiger partial charge in [-0.3, -0.25) is 19.2 Å². The Labute approximate surface area is 208 Å². The van der Waals surface area contributed by atoms with Crippen LogP contribution in [0.5, 0.6) is 5.75 Å². The summed E-state index contributed by atoms with van der Waals surface area (Å²) in [5.74, 6) is -5.63. The minimum atomic E-state index is -1.71. The molecule has 5 unspecified atom stereocenters. The molecule has 13 heteroatoms. The molecule has 0 saturated heterocycles. The van der Waals surface area contributed by atoms with Crippen molar-refractivity contribution in [3.05, 3.63) is 29.8 Å². The van der Waals surface area contributed by atoms with Crippen molar-refractivity contribution in [2.24, 2.45) is 11.7 Å². The van der Waals surface area contributed by atoms with E-state index in [0.717, 1.165) is 0 Å². The highest BCUT2D eigenvalue weighted by atomic mass is 16.4. The molecule has 0 spiro atoms. The first kappa shape index (κ1) is 30.3. The number of benzene rings is 1. The highest BCUT2D eigenvalue weighted by Crippen LogP contribution is 2.13. The molecule has 0 bridgehead atoms. The summed E-state index contributed by atoms with van der Waals surface area (Å²) in [6, 6.07) is 0.298. The van der Waals surface area contributed by atoms with Gasteiger partial charge in [-0.25, -0.2) is 4.79 Å². The lowest BCUT2D eigenvalue weighted by Crippen LogP contribution is -2.58. The second kappa shape index (κ2) is 14.0. The van der Waals surface area contributed by atoms with E-state index in [1.165, 1.54) is 31.2 Å². The van der Waals surface area contributed by atoms with Crippen molar-refractivity contribution in [2.45, 2.75) is 70.3 Å². The van der Waals surface area contributed by atoms with Gasteiger partial charge in [-0.1, -0.05) is 26.0 Å². The number of hydrogen-bond donors (Lipinski definition) is 8. The molecule has 3 amide bonds. The fourth-order valence-electron chi connectivity index (χ4n) is 3.19. The summed E-state index contributed by atoms with van der Waals surface area (Å²) in [6.45, 7) is 4.82. The number of aromatic hydroxyl groups is 1. The maximum atomic E-state index is 13.2. The predicted octanol–water partition coefficient (Wildman–Crippen LogP) is -1.30. The summed E-state index contributed by atoms with van der Waals surface area (Å²) >= 11 is 0. The van der Waals surface area contributed by atoms with E-state index in [1.807, 2.05) is 0 Å². The van der Waals surface area contributed by atoms with Gasteiger partial charge in [-0.05, 0) is 37.0 Å². The van der Waals surface area contributed by atoms with Gasteiger partial charge in [0.15, 0.2) is 0 Å². The average Bonchev–Trinajstić information content (AvgIpc) is 2.77. The number of phenols is 1. The maximum Gasteiger partial charge on any atom is 0.326 e. The number of carboxylic acid groups (broad SMARTS) is 2. The molecule has 0 aliphatic carbocycles. The summed E-state index contributed by atoms with van der Waals surface area (Å²) < 4.78 is 0. The second-order valence-electron chi connectivity index (χ2n) is 8.89. The Bertz CT molecular complexity index is 934. The molecule has 0 aromatic heterocycles. The number of phenolic OH excluding ortho intramolecular Hbond substituents is 1. The Hall–Kier alpha value is -3.71. The van der Waals surface area contributed by atoms with Gasteiger partial charge < -0.3 is 42.1 Å². The Balaban J connectivity index is 3.15. The van der Waals surface area contributed by atoms with Gasteiger partial charge in [0.25, 0.3) is 0 Å². The van der Waals surface area contributed by atoms with Crippen LogP contribution in [-0.2, 0) is 30.4 Å². The molecule has 9 N–H and O–H groups in total. The molecule has 1 aromatic carbocycles. The fraction of sp³-hybridized carbons (Fsp3) is 0.522. The molecule has 0 radical (unpaired) electrons. The van der Waals surface area contributed by atoms with Crippen LogP contribution in [0.4, 0.5) is 0 Å². The lowest BCUT2D eigenvalue weighted by atomic mass is 10.00. The van der Waals surface area contributed by atoms with Crippen LogP contribution in [0.2, 0.25) is 0 Å². The van der Waals surface area contributed by atoms with E-state index in [2.05, 4.69) is 16.0 Å². The van der Waals surface area contributed by atoms with Gasteiger partial charge in [0.2, 0.25) is 17.7 Å². The van der Waals surface area contributed by atoms with Crippen LogP contribution in [0.15, 0.2) is 24.3 Å². The maximum absolute atomic E-state index is 13.2. The standard InChI is InChI=1S/C23H34N4O9/c1-11(2)8-15(20(32)27-17(23(35)36)10-18(30)31)25-21(33)16(26-22(34)19(24)12(3)28)9-13-4-6-14(29)7-5-13/h4-7,11-12,15-17,19,28-29H,8-10,24H2,1-3H3,(H,25,33)(H,26,34)(H,27,32)(H,30,31)(H,35,36). The minimum absolute atomic E-state index is 0.0112. The number of aliphatic carboxylic acids is 2. The van der Waals surface area contributed by atoms with Gasteiger partial charge in [-0.15, -0.1) is 0 Å². The van der Waals surface area contributed by atoms with Crippen molar-refractivity contribution in [3.63, 3.8) is 0 Å². The zero-order valence-corrected chi connectivity index (χ0v) is 20.3. The number of aliphatic hydroxyl groups is 1. The van der Waals surface area contributed by atoms with Crippen molar-refractivity contribution < 1.29 is 44.4 Å². The van der Waals surface area contributed by atoms with E-state index in [1.54, 1.807) is 13.8 Å². The van der Waals surface area contributed by atoms with Crippen molar-refractivity contribution in [2.75, 3.05) is 0 Å². The molecule has 0 saturated carbocycles. The number of hydrogen-bond acceptors (Lipinski definition) is 8. The van der Waals surface area contributed by atoms with Crippen LogP contribution in [0.1, 0.15) is 39.2 Å². The monoisotopic (exact) mass is 510 g/mol. The highest BCUT2D eigenvalue weighted by molar-refractivity contribution is 5.94. The third kappa shape index (κ3) is 10.3. The number of nitrogens with one attached hydrogen (secondary N) is 3. The summed E-state index contributed by atoms with van der Waals surface area (Å²) in [6.07, 6.45) is -2.04. The van der Waals surface area contributed by atoms with Gasteiger partial charge in [0.1, 0.15) is 29.9 Å². The van der Waals surface area contributed by atoms with Gasteiger partial charge in [-0.2, -0.15) is 0 Å². The third-order valence-electron chi connectivity index (χ3n) is 5.17. The van der Waals surface area contributed by atoms with Crippen LogP contribution in [0.3, 0.4) is 0 Å². The molecule has 0 aliphatic heterocycles. The Morgan fingerprint density at radius 1 is 0.833 bits per heavy atom. The smallest absolute Gasteiger partial charge is 0.326 e. The normalized spacial score (nSPS) is 15.2. The van der Waals surface area contributed by atoms with Gasteiger partial charge in [0.05, 0.1) is 12.5 Å². The number of aliphatic hydroxyl groups excluding tert-OH is 1. The van der Waals surface area contributed by atoms with Crippen molar-refractivity contribution in [1.29, 1.82) is 0 Å². The zero-order chi connectivity index (χ0) is 27.6. The molecule has 1 rings (SSSR count). The summed E-state index contributed by atoms with van der Waals surface area (Å²) in [4.78, 5) is 60.7. The van der Waals surface area contributed by atoms with Crippen molar-refractivity contribution in [3.8, 4) is 5.75 Å². The van der Waals surface area contributed by atoms with Gasteiger partial charge in [0, 0.05) is 6.42 Å².